The van der Waals surface area contributed by atoms with Gasteiger partial charge in [-0.05, 0) is 31.0 Å². The summed E-state index contributed by atoms with van der Waals surface area (Å²) in [5.41, 5.74) is 1.16. The van der Waals surface area contributed by atoms with Crippen LogP contribution in [-0.2, 0) is 20.9 Å². The van der Waals surface area contributed by atoms with Crippen molar-refractivity contribution in [3.63, 3.8) is 0 Å². The molecule has 3 N–H and O–H groups in total. The number of hydrogen-bond acceptors (Lipinski definition) is 8. The largest absolute Gasteiger partial charge is 0.490 e. The van der Waals surface area contributed by atoms with Gasteiger partial charge in [-0.15, -0.1) is 0 Å². The molecule has 0 radical (unpaired) electrons. The lowest BCUT2D eigenvalue weighted by atomic mass is 10.1. The molecule has 4 rings (SSSR count). The van der Waals surface area contributed by atoms with E-state index in [9.17, 15) is 39.5 Å². The molecule has 2 atom stereocenters. The average molecular weight is 623 g/mol. The monoisotopic (exact) mass is 623 g/mol. The number of pyridine rings is 1. The smallest absolute Gasteiger partial charge is 0.475 e. The van der Waals surface area contributed by atoms with Gasteiger partial charge in [0, 0.05) is 50.3 Å². The Bertz CT molecular complexity index is 1090. The average Bonchev–Trinajstić information content (AvgIpc) is 3.48. The molecule has 0 amide bonds. The molecule has 4 heterocycles. The molecule has 2 aromatic rings. The third kappa shape index (κ3) is 12.1. The van der Waals surface area contributed by atoms with Crippen LogP contribution in [0.15, 0.2) is 42.9 Å². The highest BCUT2D eigenvalue weighted by Gasteiger charge is 2.43. The highest BCUT2D eigenvalue weighted by Crippen LogP contribution is 2.34. The predicted octanol–water partition coefficient (Wildman–Crippen LogP) is 3.62. The van der Waals surface area contributed by atoms with Crippen molar-refractivity contribution in [1.29, 1.82) is 0 Å². The Morgan fingerprint density at radius 2 is 1.12 bits per heavy atom. The molecule has 42 heavy (non-hydrogen) atoms. The minimum Gasteiger partial charge on any atom is -0.475 e. The second-order valence-corrected chi connectivity index (χ2v) is 8.15. The van der Waals surface area contributed by atoms with Crippen LogP contribution in [-0.4, -0.2) is 96.8 Å². The number of carbonyl (C=O) groups is 3. The molecule has 2 aromatic heterocycles. The van der Waals surface area contributed by atoms with Crippen molar-refractivity contribution in [2.45, 2.75) is 50.0 Å². The summed E-state index contributed by atoms with van der Waals surface area (Å²) in [7, 11) is 0. The van der Waals surface area contributed by atoms with Crippen molar-refractivity contribution < 1.29 is 69.2 Å². The Balaban J connectivity index is 0.000000348. The first kappa shape index (κ1) is 35.8. The first-order valence-electron chi connectivity index (χ1n) is 11.3. The summed E-state index contributed by atoms with van der Waals surface area (Å²) >= 11 is 0. The Hall–Kier alpha value is -4.23. The summed E-state index contributed by atoms with van der Waals surface area (Å²) in [6.07, 6.45) is -7.33. The van der Waals surface area contributed by atoms with Crippen LogP contribution in [0.2, 0.25) is 0 Å². The Morgan fingerprint density at radius 1 is 0.690 bits per heavy atom. The zero-order valence-corrected chi connectivity index (χ0v) is 20.9. The number of fused-ring (bicyclic) bond motifs is 1. The zero-order chi connectivity index (χ0) is 32.3. The molecule has 2 aliphatic rings. The molecule has 2 aliphatic heterocycles. The second kappa shape index (κ2) is 15.1. The molecule has 0 unspecified atom stereocenters. The van der Waals surface area contributed by atoms with Crippen LogP contribution >= 0.6 is 0 Å². The van der Waals surface area contributed by atoms with Crippen LogP contribution < -0.4 is 4.90 Å². The van der Waals surface area contributed by atoms with E-state index in [4.69, 9.17) is 29.7 Å². The number of aliphatic carboxylic acids is 3. The SMILES string of the molecule is O=C(O)C(F)(F)F.O=C(O)C(F)(F)F.O=C(O)C(F)(F)F.c1ccc(CN2CC[C@H]3[C@H]2CCN3c2ncccn2)nc1. The lowest BCUT2D eigenvalue weighted by Gasteiger charge is -2.25. The Kier molecular flexibility index (Phi) is 12.9. The lowest BCUT2D eigenvalue weighted by molar-refractivity contribution is -0.193. The summed E-state index contributed by atoms with van der Waals surface area (Å²) in [5.74, 6) is -7.39. The summed E-state index contributed by atoms with van der Waals surface area (Å²) < 4.78 is 95.2. The number of aromatic nitrogens is 3. The maximum Gasteiger partial charge on any atom is 0.490 e. The predicted molar refractivity (Wildman–Crippen MR) is 122 cm³/mol. The molecule has 0 aromatic carbocycles. The van der Waals surface area contributed by atoms with E-state index in [2.05, 4.69) is 36.9 Å². The van der Waals surface area contributed by atoms with Gasteiger partial charge in [-0.2, -0.15) is 39.5 Å². The van der Waals surface area contributed by atoms with Gasteiger partial charge >= 0.3 is 36.4 Å². The maximum atomic E-state index is 10.6. The molecule has 234 valence electrons. The molecular weight excluding hydrogens is 601 g/mol. The fraction of sp³-hybridized carbons (Fsp3) is 0.455. The lowest BCUT2D eigenvalue weighted by Crippen LogP contribution is -2.37. The van der Waals surface area contributed by atoms with Crippen molar-refractivity contribution >= 4 is 23.9 Å². The van der Waals surface area contributed by atoms with Crippen molar-refractivity contribution in [2.24, 2.45) is 0 Å². The van der Waals surface area contributed by atoms with Gasteiger partial charge in [0.25, 0.3) is 0 Å². The number of likely N-dealkylation sites (tertiary alicyclic amines) is 1. The van der Waals surface area contributed by atoms with Gasteiger partial charge in [0.2, 0.25) is 5.95 Å². The van der Waals surface area contributed by atoms with Gasteiger partial charge in [-0.1, -0.05) is 6.07 Å². The first-order valence-corrected chi connectivity index (χ1v) is 11.3. The molecule has 20 heteroatoms. The molecule has 0 spiro atoms. The van der Waals surface area contributed by atoms with Crippen molar-refractivity contribution in [1.82, 2.24) is 19.9 Å². The molecule has 0 bridgehead atoms. The molecule has 0 saturated carbocycles. The van der Waals surface area contributed by atoms with E-state index in [-0.39, 0.29) is 0 Å². The number of anilines is 1. The van der Waals surface area contributed by atoms with Crippen molar-refractivity contribution in [3.8, 4) is 0 Å². The van der Waals surface area contributed by atoms with Crippen LogP contribution in [0.5, 0.6) is 0 Å². The molecule has 0 aliphatic carbocycles. The number of halogens is 9. The molecular formula is C22H22F9N5O6. The van der Waals surface area contributed by atoms with Crippen LogP contribution in [0.25, 0.3) is 0 Å². The van der Waals surface area contributed by atoms with Crippen molar-refractivity contribution in [3.05, 3.63) is 48.5 Å². The van der Waals surface area contributed by atoms with Crippen LogP contribution in [0, 0.1) is 0 Å². The normalized spacial score (nSPS) is 18.3. The van der Waals surface area contributed by atoms with Gasteiger partial charge < -0.3 is 20.2 Å². The fourth-order valence-corrected chi connectivity index (χ4v) is 3.66. The van der Waals surface area contributed by atoms with Gasteiger partial charge in [0.1, 0.15) is 0 Å². The van der Waals surface area contributed by atoms with E-state index >= 15 is 0 Å². The summed E-state index contributed by atoms with van der Waals surface area (Å²) in [4.78, 5) is 44.9. The third-order valence-corrected chi connectivity index (χ3v) is 5.32. The molecule has 11 nitrogen and oxygen atoms in total. The first-order chi connectivity index (χ1) is 19.2. The topological polar surface area (TPSA) is 157 Å². The van der Waals surface area contributed by atoms with Crippen LogP contribution in [0.3, 0.4) is 0 Å². The van der Waals surface area contributed by atoms with Gasteiger partial charge in [0.05, 0.1) is 5.69 Å². The van der Waals surface area contributed by atoms with E-state index in [0.29, 0.717) is 12.1 Å². The van der Waals surface area contributed by atoms with E-state index in [1.165, 1.54) is 12.8 Å². The molecule has 2 fully saturated rings. The third-order valence-electron chi connectivity index (χ3n) is 5.32. The zero-order valence-electron chi connectivity index (χ0n) is 20.9. The number of carboxylic acid groups (broad SMARTS) is 3. The summed E-state index contributed by atoms with van der Waals surface area (Å²) in [6.45, 7) is 3.14. The summed E-state index contributed by atoms with van der Waals surface area (Å²) in [5, 5.41) is 21.4. The molecule has 2 saturated heterocycles. The van der Waals surface area contributed by atoms with Crippen molar-refractivity contribution in [2.75, 3.05) is 18.0 Å². The minimum absolute atomic E-state index is 0.552. The van der Waals surface area contributed by atoms with Gasteiger partial charge in [-0.3, -0.25) is 9.88 Å². The second-order valence-electron chi connectivity index (χ2n) is 8.15. The number of rotatable bonds is 3. The Morgan fingerprint density at radius 3 is 1.52 bits per heavy atom. The van der Waals surface area contributed by atoms with Gasteiger partial charge in [-0.25, -0.2) is 24.4 Å². The van der Waals surface area contributed by atoms with Crippen LogP contribution in [0.1, 0.15) is 18.5 Å². The van der Waals surface area contributed by atoms with E-state index < -0.39 is 36.4 Å². The highest BCUT2D eigenvalue weighted by atomic mass is 19.4. The van der Waals surface area contributed by atoms with E-state index in [1.54, 1.807) is 0 Å². The Labute approximate surface area is 230 Å². The van der Waals surface area contributed by atoms with E-state index in [0.717, 1.165) is 31.3 Å². The van der Waals surface area contributed by atoms with Gasteiger partial charge in [0.15, 0.2) is 0 Å². The number of nitrogens with zero attached hydrogens (tertiary/aromatic N) is 5. The minimum atomic E-state index is -5.08. The maximum absolute atomic E-state index is 10.6. The quantitative estimate of drug-likeness (QED) is 0.429. The highest BCUT2D eigenvalue weighted by molar-refractivity contribution is 5.73. The standard InChI is InChI=1S/C16H19N5.3C2HF3O2/c1-2-7-17-13(4-1)12-20-10-5-15-14(20)6-11-21(15)16-18-8-3-9-19-16;3*3-2(4,5)1(6)7/h1-4,7-9,14-15H,5-6,10-12H2;3*(H,6,7)/t14-,15+;;;/m1.../s1. The number of carboxylic acids is 3. The number of hydrogen-bond donors (Lipinski definition) is 3. The number of alkyl halides is 9. The fourth-order valence-electron chi connectivity index (χ4n) is 3.66. The van der Waals surface area contributed by atoms with Crippen LogP contribution in [0.4, 0.5) is 45.5 Å². The summed E-state index contributed by atoms with van der Waals surface area (Å²) in [6, 6.07) is 9.18. The van der Waals surface area contributed by atoms with E-state index in [1.807, 2.05) is 30.7 Å².